The topological polar surface area (TPSA) is 35.5 Å². The molecule has 0 N–H and O–H groups in total. The summed E-state index contributed by atoms with van der Waals surface area (Å²) in [5, 5.41) is 0. The monoisotopic (exact) mass is 276 g/mol. The zero-order chi connectivity index (χ0) is 15.0. The largest absolute Gasteiger partial charge is 0.356 e. The SMILES string of the molecule is COC(CC1=C[C@@]2(C)C=CCC(C)(C)C2=CC1=O)OC. The van der Waals surface area contributed by atoms with Crippen molar-refractivity contribution in [2.75, 3.05) is 14.2 Å². The van der Waals surface area contributed by atoms with Crippen LogP contribution in [0.2, 0.25) is 0 Å². The lowest BCUT2D eigenvalue weighted by atomic mass is 9.61. The molecule has 0 radical (unpaired) electrons. The first-order chi connectivity index (χ1) is 9.32. The van der Waals surface area contributed by atoms with E-state index < -0.39 is 0 Å². The van der Waals surface area contributed by atoms with Gasteiger partial charge in [-0.15, -0.1) is 0 Å². The molecule has 2 rings (SSSR count). The van der Waals surface area contributed by atoms with Gasteiger partial charge in [-0.3, -0.25) is 4.79 Å². The molecule has 0 aliphatic heterocycles. The number of methoxy groups -OCH3 is 2. The Morgan fingerprint density at radius 2 is 1.90 bits per heavy atom. The maximum absolute atomic E-state index is 12.4. The second-order valence-electron chi connectivity index (χ2n) is 6.47. The molecule has 0 aromatic heterocycles. The smallest absolute Gasteiger partial charge is 0.181 e. The summed E-state index contributed by atoms with van der Waals surface area (Å²) >= 11 is 0. The maximum atomic E-state index is 12.4. The lowest BCUT2D eigenvalue weighted by Crippen LogP contribution is -2.34. The number of carbonyl (C=O) groups excluding carboxylic acids is 1. The number of carbonyl (C=O) groups is 1. The van der Waals surface area contributed by atoms with Gasteiger partial charge < -0.3 is 9.47 Å². The minimum atomic E-state index is -0.371. The molecule has 1 atom stereocenters. The van der Waals surface area contributed by atoms with Crippen molar-refractivity contribution in [2.24, 2.45) is 10.8 Å². The number of ether oxygens (including phenoxy) is 2. The Bertz CT molecular complexity index is 492. The molecule has 2 aliphatic carbocycles. The molecule has 0 saturated carbocycles. The second-order valence-corrected chi connectivity index (χ2v) is 6.47. The van der Waals surface area contributed by atoms with Gasteiger partial charge in [-0.2, -0.15) is 0 Å². The molecule has 3 nitrogen and oxygen atoms in total. The van der Waals surface area contributed by atoms with Crippen LogP contribution in [-0.2, 0) is 14.3 Å². The van der Waals surface area contributed by atoms with Gasteiger partial charge in [0.1, 0.15) is 0 Å². The molecule has 0 aromatic rings. The highest BCUT2D eigenvalue weighted by atomic mass is 16.7. The minimum absolute atomic E-state index is 0.0309. The van der Waals surface area contributed by atoms with E-state index in [1.165, 1.54) is 5.57 Å². The van der Waals surface area contributed by atoms with E-state index in [0.717, 1.165) is 12.0 Å². The molecule has 0 aromatic carbocycles. The van der Waals surface area contributed by atoms with E-state index in [0.29, 0.717) is 6.42 Å². The highest BCUT2D eigenvalue weighted by Gasteiger charge is 2.40. The molecule has 2 aliphatic rings. The van der Waals surface area contributed by atoms with Crippen molar-refractivity contribution < 1.29 is 14.3 Å². The predicted molar refractivity (Wildman–Crippen MR) is 79.2 cm³/mol. The van der Waals surface area contributed by atoms with Gasteiger partial charge in [-0.25, -0.2) is 0 Å². The van der Waals surface area contributed by atoms with Crippen molar-refractivity contribution in [1.82, 2.24) is 0 Å². The number of fused-ring (bicyclic) bond motifs is 1. The first-order valence-corrected chi connectivity index (χ1v) is 7.04. The Hall–Kier alpha value is -1.19. The molecule has 0 amide bonds. The maximum Gasteiger partial charge on any atom is 0.181 e. The van der Waals surface area contributed by atoms with Gasteiger partial charge in [-0.1, -0.05) is 32.1 Å². The summed E-state index contributed by atoms with van der Waals surface area (Å²) in [6, 6.07) is 0. The fraction of sp³-hybridized carbons (Fsp3) is 0.588. The van der Waals surface area contributed by atoms with Gasteiger partial charge in [0.25, 0.3) is 0 Å². The normalized spacial score (nSPS) is 28.2. The Balaban J connectivity index is 2.35. The summed E-state index contributed by atoms with van der Waals surface area (Å²) < 4.78 is 10.4. The Morgan fingerprint density at radius 1 is 1.25 bits per heavy atom. The first kappa shape index (κ1) is 15.2. The predicted octanol–water partition coefficient (Wildman–Crippen LogP) is 3.42. The first-order valence-electron chi connectivity index (χ1n) is 7.04. The van der Waals surface area contributed by atoms with Crippen LogP contribution in [0.15, 0.2) is 35.5 Å². The number of hydrogen-bond acceptors (Lipinski definition) is 3. The van der Waals surface area contributed by atoms with Crippen LogP contribution >= 0.6 is 0 Å². The van der Waals surface area contributed by atoms with Gasteiger partial charge in [0, 0.05) is 31.6 Å². The van der Waals surface area contributed by atoms with Crippen molar-refractivity contribution in [1.29, 1.82) is 0 Å². The summed E-state index contributed by atoms with van der Waals surface area (Å²) in [5.74, 6) is 0.0833. The molecule has 0 spiro atoms. The highest BCUT2D eigenvalue weighted by Crippen LogP contribution is 2.50. The number of ketones is 1. The van der Waals surface area contributed by atoms with Gasteiger partial charge in [-0.05, 0) is 30.4 Å². The molecule has 110 valence electrons. The lowest BCUT2D eigenvalue weighted by molar-refractivity contribution is -0.117. The van der Waals surface area contributed by atoms with Crippen LogP contribution < -0.4 is 0 Å². The molecule has 0 unspecified atom stereocenters. The average molecular weight is 276 g/mol. The highest BCUT2D eigenvalue weighted by molar-refractivity contribution is 6.06. The molecular formula is C17H24O3. The third kappa shape index (κ3) is 2.65. The summed E-state index contributed by atoms with van der Waals surface area (Å²) in [4.78, 5) is 12.4. The van der Waals surface area contributed by atoms with Crippen molar-refractivity contribution in [3.8, 4) is 0 Å². The van der Waals surface area contributed by atoms with Gasteiger partial charge >= 0.3 is 0 Å². The van der Waals surface area contributed by atoms with Crippen molar-refractivity contribution in [3.05, 3.63) is 35.5 Å². The van der Waals surface area contributed by atoms with E-state index in [9.17, 15) is 4.79 Å². The third-order valence-corrected chi connectivity index (χ3v) is 4.38. The fourth-order valence-corrected chi connectivity index (χ4v) is 3.26. The third-order valence-electron chi connectivity index (χ3n) is 4.38. The Morgan fingerprint density at radius 3 is 2.50 bits per heavy atom. The second kappa shape index (κ2) is 5.30. The Kier molecular flexibility index (Phi) is 4.03. The zero-order valence-electron chi connectivity index (χ0n) is 13.0. The van der Waals surface area contributed by atoms with Crippen molar-refractivity contribution >= 4 is 5.78 Å². The van der Waals surface area contributed by atoms with E-state index in [1.54, 1.807) is 14.2 Å². The van der Waals surface area contributed by atoms with E-state index in [4.69, 9.17) is 9.47 Å². The Labute approximate surface area is 121 Å². The number of allylic oxidation sites excluding steroid dienone is 5. The van der Waals surface area contributed by atoms with Crippen LogP contribution in [-0.4, -0.2) is 26.3 Å². The van der Waals surface area contributed by atoms with Crippen molar-refractivity contribution in [2.45, 2.75) is 39.9 Å². The van der Waals surface area contributed by atoms with E-state index in [1.807, 2.05) is 6.08 Å². The van der Waals surface area contributed by atoms with Gasteiger partial charge in [0.05, 0.1) is 0 Å². The molecular weight excluding hydrogens is 252 g/mol. The van der Waals surface area contributed by atoms with E-state index in [2.05, 4.69) is 39.0 Å². The number of hydrogen-bond donors (Lipinski definition) is 0. The molecule has 20 heavy (non-hydrogen) atoms. The van der Waals surface area contributed by atoms with Crippen LogP contribution in [0.1, 0.15) is 33.6 Å². The van der Waals surface area contributed by atoms with Crippen LogP contribution in [0, 0.1) is 10.8 Å². The van der Waals surface area contributed by atoms with Gasteiger partial charge in [0.2, 0.25) is 0 Å². The van der Waals surface area contributed by atoms with Crippen LogP contribution in [0.4, 0.5) is 0 Å². The number of rotatable bonds is 4. The van der Waals surface area contributed by atoms with E-state index in [-0.39, 0.29) is 22.9 Å². The standard InChI is InChI=1S/C17H24O3/c1-16(2)7-6-8-17(3)11-12(9-15(19-4)20-5)13(18)10-14(16)17/h6,8,10-11,15H,7,9H2,1-5H3/t17-/m1/s1. The summed E-state index contributed by atoms with van der Waals surface area (Å²) in [6.07, 6.45) is 9.40. The zero-order valence-corrected chi connectivity index (χ0v) is 13.0. The summed E-state index contributed by atoms with van der Waals surface area (Å²) in [7, 11) is 3.18. The molecule has 0 bridgehead atoms. The van der Waals surface area contributed by atoms with Gasteiger partial charge in [0.15, 0.2) is 12.1 Å². The molecule has 3 heteroatoms. The van der Waals surface area contributed by atoms with E-state index >= 15 is 0 Å². The minimum Gasteiger partial charge on any atom is -0.356 e. The van der Waals surface area contributed by atoms with Crippen LogP contribution in [0.5, 0.6) is 0 Å². The van der Waals surface area contributed by atoms with Crippen LogP contribution in [0.25, 0.3) is 0 Å². The van der Waals surface area contributed by atoms with Crippen LogP contribution in [0.3, 0.4) is 0 Å². The average Bonchev–Trinajstić information content (AvgIpc) is 2.38. The molecule has 0 heterocycles. The van der Waals surface area contributed by atoms with Crippen molar-refractivity contribution in [3.63, 3.8) is 0 Å². The summed E-state index contributed by atoms with van der Waals surface area (Å²) in [6.45, 7) is 6.55. The quantitative estimate of drug-likeness (QED) is 0.583. The fourth-order valence-electron chi connectivity index (χ4n) is 3.26. The summed E-state index contributed by atoms with van der Waals surface area (Å²) in [5.41, 5.74) is 1.83. The molecule has 0 saturated heterocycles. The lowest BCUT2D eigenvalue weighted by Gasteiger charge is -2.43. The molecule has 0 fully saturated rings.